The van der Waals surface area contributed by atoms with Crippen LogP contribution < -0.4 is 24.8 Å². The lowest BCUT2D eigenvalue weighted by Gasteiger charge is -2.30. The van der Waals surface area contributed by atoms with Crippen LogP contribution in [0.2, 0.25) is 0 Å². The molecule has 8 heteroatoms. The quantitative estimate of drug-likeness (QED) is 0.606. The summed E-state index contributed by atoms with van der Waals surface area (Å²) in [6.07, 6.45) is -0.0363. The van der Waals surface area contributed by atoms with E-state index in [4.69, 9.17) is 18.9 Å². The molecule has 1 atom stereocenters. The molecule has 2 aromatic rings. The van der Waals surface area contributed by atoms with Gasteiger partial charge >= 0.3 is 12.0 Å². The van der Waals surface area contributed by atoms with Gasteiger partial charge in [-0.05, 0) is 68.3 Å². The first-order valence-electron chi connectivity index (χ1n) is 10.4. The molecule has 0 radical (unpaired) electrons. The summed E-state index contributed by atoms with van der Waals surface area (Å²) in [5.74, 6) is 1.22. The number of esters is 1. The van der Waals surface area contributed by atoms with Crippen molar-refractivity contribution >= 4 is 17.7 Å². The molecule has 8 nitrogen and oxygen atoms in total. The summed E-state index contributed by atoms with van der Waals surface area (Å²) in [7, 11) is 2.87. The van der Waals surface area contributed by atoms with Crippen molar-refractivity contribution < 1.29 is 28.5 Å². The second kappa shape index (κ2) is 10.1. The number of hydrogen-bond donors (Lipinski definition) is 2. The van der Waals surface area contributed by atoms with Crippen molar-refractivity contribution in [2.75, 3.05) is 20.8 Å². The maximum Gasteiger partial charge on any atom is 0.338 e. The molecule has 3 rings (SSSR count). The van der Waals surface area contributed by atoms with Gasteiger partial charge < -0.3 is 29.6 Å². The minimum Gasteiger partial charge on any atom is -0.497 e. The lowest BCUT2D eigenvalue weighted by molar-refractivity contribution is -0.136. The van der Waals surface area contributed by atoms with E-state index in [2.05, 4.69) is 10.6 Å². The highest BCUT2D eigenvalue weighted by molar-refractivity contribution is 6.04. The third kappa shape index (κ3) is 4.96. The number of rotatable bonds is 8. The highest BCUT2D eigenvalue weighted by Crippen LogP contribution is 2.37. The fourth-order valence-corrected chi connectivity index (χ4v) is 3.45. The number of ether oxygens (including phenoxy) is 4. The van der Waals surface area contributed by atoms with E-state index in [1.807, 2.05) is 20.8 Å². The summed E-state index contributed by atoms with van der Waals surface area (Å²) < 4.78 is 21.8. The first-order chi connectivity index (χ1) is 15.4. The van der Waals surface area contributed by atoms with E-state index in [0.29, 0.717) is 40.7 Å². The van der Waals surface area contributed by atoms with E-state index in [9.17, 15) is 9.59 Å². The fraction of sp³-hybridized carbons (Fsp3) is 0.333. The molecule has 2 amide bonds. The fourth-order valence-electron chi connectivity index (χ4n) is 3.45. The Hall–Kier alpha value is -3.68. The Bertz CT molecular complexity index is 1010. The molecule has 0 bridgehead atoms. The van der Waals surface area contributed by atoms with Crippen LogP contribution in [0.15, 0.2) is 48.0 Å². The third-order valence-electron chi connectivity index (χ3n) is 4.82. The van der Waals surface area contributed by atoms with Crippen LogP contribution in [-0.2, 0) is 9.53 Å². The third-order valence-corrected chi connectivity index (χ3v) is 4.82. The zero-order valence-electron chi connectivity index (χ0n) is 18.9. The summed E-state index contributed by atoms with van der Waals surface area (Å²) in [6, 6.07) is 11.2. The standard InChI is InChI=1S/C24H28N2O6/c1-6-31-19-13-16(9-12-18(19)32-14(2)3)22-20(23(27)30-5)21(25-24(28)26-22)15-7-10-17(29-4)11-8-15/h7-14,22H,6H2,1-5H3,(H2,25,26,28). The number of methoxy groups -OCH3 is 2. The largest absolute Gasteiger partial charge is 0.497 e. The Morgan fingerprint density at radius 2 is 1.78 bits per heavy atom. The second-order valence-electron chi connectivity index (χ2n) is 7.35. The number of carbonyl (C=O) groups excluding carboxylic acids is 2. The average molecular weight is 440 g/mol. The summed E-state index contributed by atoms with van der Waals surface area (Å²) in [5.41, 5.74) is 1.95. The SMILES string of the molecule is CCOc1cc(C2NC(=O)NC(c3ccc(OC)cc3)=C2C(=O)OC)ccc1OC(C)C. The molecule has 0 saturated heterocycles. The van der Waals surface area contributed by atoms with Crippen molar-refractivity contribution in [3.63, 3.8) is 0 Å². The Labute approximate surface area is 187 Å². The smallest absolute Gasteiger partial charge is 0.338 e. The lowest BCUT2D eigenvalue weighted by atomic mass is 9.92. The molecule has 1 unspecified atom stereocenters. The van der Waals surface area contributed by atoms with Crippen molar-refractivity contribution in [3.05, 3.63) is 59.2 Å². The molecular formula is C24H28N2O6. The molecule has 0 saturated carbocycles. The molecule has 170 valence electrons. The second-order valence-corrected chi connectivity index (χ2v) is 7.35. The van der Waals surface area contributed by atoms with Crippen molar-refractivity contribution in [1.29, 1.82) is 0 Å². The molecule has 0 aromatic heterocycles. The van der Waals surface area contributed by atoms with Gasteiger partial charge in [0, 0.05) is 0 Å². The molecule has 2 N–H and O–H groups in total. The maximum atomic E-state index is 12.8. The van der Waals surface area contributed by atoms with Crippen LogP contribution in [-0.4, -0.2) is 38.9 Å². The van der Waals surface area contributed by atoms with Gasteiger partial charge in [0.25, 0.3) is 0 Å². The summed E-state index contributed by atoms with van der Waals surface area (Å²) >= 11 is 0. The molecule has 0 spiro atoms. The molecule has 0 aliphatic carbocycles. The molecule has 2 aromatic carbocycles. The predicted molar refractivity (Wildman–Crippen MR) is 120 cm³/mol. The van der Waals surface area contributed by atoms with Crippen LogP contribution in [0.4, 0.5) is 4.79 Å². The van der Waals surface area contributed by atoms with Crippen LogP contribution in [0.5, 0.6) is 17.2 Å². The van der Waals surface area contributed by atoms with Crippen LogP contribution in [0.3, 0.4) is 0 Å². The van der Waals surface area contributed by atoms with Gasteiger partial charge in [0.1, 0.15) is 5.75 Å². The predicted octanol–water partition coefficient (Wildman–Crippen LogP) is 3.82. The zero-order valence-corrected chi connectivity index (χ0v) is 18.9. The number of urea groups is 1. The number of benzene rings is 2. The van der Waals surface area contributed by atoms with Crippen molar-refractivity contribution in [2.45, 2.75) is 32.9 Å². The summed E-state index contributed by atoms with van der Waals surface area (Å²) in [6.45, 7) is 6.17. The molecular weight excluding hydrogens is 412 g/mol. The van der Waals surface area contributed by atoms with Gasteiger partial charge in [0.15, 0.2) is 11.5 Å². The Balaban J connectivity index is 2.13. The number of nitrogens with one attached hydrogen (secondary N) is 2. The van der Waals surface area contributed by atoms with Crippen molar-refractivity contribution in [1.82, 2.24) is 10.6 Å². The average Bonchev–Trinajstić information content (AvgIpc) is 2.79. The van der Waals surface area contributed by atoms with Gasteiger partial charge in [-0.15, -0.1) is 0 Å². The molecule has 1 heterocycles. The van der Waals surface area contributed by atoms with Crippen molar-refractivity contribution in [2.24, 2.45) is 0 Å². The topological polar surface area (TPSA) is 95.1 Å². The Morgan fingerprint density at radius 1 is 1.06 bits per heavy atom. The summed E-state index contributed by atoms with van der Waals surface area (Å²) in [5, 5.41) is 5.56. The first kappa shape index (κ1) is 23.0. The minimum atomic E-state index is -0.749. The van der Waals surface area contributed by atoms with Gasteiger partial charge in [-0.25, -0.2) is 9.59 Å². The number of carbonyl (C=O) groups is 2. The van der Waals surface area contributed by atoms with Crippen LogP contribution in [0.1, 0.15) is 37.9 Å². The first-order valence-corrected chi connectivity index (χ1v) is 10.4. The number of amides is 2. The highest BCUT2D eigenvalue weighted by Gasteiger charge is 2.34. The van der Waals surface area contributed by atoms with E-state index in [1.165, 1.54) is 7.11 Å². The monoisotopic (exact) mass is 440 g/mol. The lowest BCUT2D eigenvalue weighted by Crippen LogP contribution is -2.45. The molecule has 1 aliphatic rings. The van der Waals surface area contributed by atoms with Gasteiger partial charge in [-0.3, -0.25) is 0 Å². The minimum absolute atomic E-state index is 0.0363. The van der Waals surface area contributed by atoms with Crippen LogP contribution >= 0.6 is 0 Å². The summed E-state index contributed by atoms with van der Waals surface area (Å²) in [4.78, 5) is 25.4. The van der Waals surface area contributed by atoms with E-state index in [-0.39, 0.29) is 11.7 Å². The van der Waals surface area contributed by atoms with Crippen LogP contribution in [0, 0.1) is 0 Å². The van der Waals surface area contributed by atoms with E-state index in [0.717, 1.165) is 0 Å². The number of hydrogen-bond acceptors (Lipinski definition) is 6. The van der Waals surface area contributed by atoms with Gasteiger partial charge in [-0.1, -0.05) is 6.07 Å². The van der Waals surface area contributed by atoms with Crippen molar-refractivity contribution in [3.8, 4) is 17.2 Å². The van der Waals surface area contributed by atoms with E-state index in [1.54, 1.807) is 49.6 Å². The molecule has 1 aliphatic heterocycles. The highest BCUT2D eigenvalue weighted by atomic mass is 16.5. The van der Waals surface area contributed by atoms with E-state index < -0.39 is 18.0 Å². The Kier molecular flexibility index (Phi) is 7.25. The van der Waals surface area contributed by atoms with Gasteiger partial charge in [-0.2, -0.15) is 0 Å². The van der Waals surface area contributed by atoms with Crippen LogP contribution in [0.25, 0.3) is 5.70 Å². The van der Waals surface area contributed by atoms with E-state index >= 15 is 0 Å². The molecule has 32 heavy (non-hydrogen) atoms. The molecule has 0 fully saturated rings. The normalized spacial score (nSPS) is 15.7. The van der Waals surface area contributed by atoms with Gasteiger partial charge in [0.2, 0.25) is 0 Å². The zero-order chi connectivity index (χ0) is 23.3. The maximum absolute atomic E-state index is 12.8. The Morgan fingerprint density at radius 3 is 2.38 bits per heavy atom. The van der Waals surface area contributed by atoms with Gasteiger partial charge in [0.05, 0.1) is 44.2 Å².